The summed E-state index contributed by atoms with van der Waals surface area (Å²) in [6.45, 7) is 12.6. The number of hydrogen-bond acceptors (Lipinski definition) is 5. The molecule has 1 amide bonds. The fraction of sp³-hybridized carbons (Fsp3) is 0.680. The summed E-state index contributed by atoms with van der Waals surface area (Å²) >= 11 is 1.10. The molecule has 0 radical (unpaired) electrons. The predicted molar refractivity (Wildman–Crippen MR) is 130 cm³/mol. The second-order valence-electron chi connectivity index (χ2n) is 9.95. The predicted octanol–water partition coefficient (Wildman–Crippen LogP) is 4.71. The number of carboxylic acid groups (broad SMARTS) is 1. The number of aliphatic hydroxyl groups is 1. The molecule has 2 rings (SSSR count). The summed E-state index contributed by atoms with van der Waals surface area (Å²) in [6, 6.07) is 1.36. The highest BCUT2D eigenvalue weighted by Gasteiger charge is 2.35. The van der Waals surface area contributed by atoms with E-state index in [-0.39, 0.29) is 28.2 Å². The first-order valence-electron chi connectivity index (χ1n) is 11.6. The number of hydrogen-bond donors (Lipinski definition) is 3. The van der Waals surface area contributed by atoms with Gasteiger partial charge in [-0.25, -0.2) is 4.79 Å². The molecule has 3 N–H and O–H groups in total. The van der Waals surface area contributed by atoms with Gasteiger partial charge in [0.15, 0.2) is 0 Å². The van der Waals surface area contributed by atoms with Crippen LogP contribution in [0.25, 0.3) is 0 Å². The van der Waals surface area contributed by atoms with Gasteiger partial charge in [0.25, 0.3) is 0 Å². The van der Waals surface area contributed by atoms with Gasteiger partial charge in [-0.1, -0.05) is 25.7 Å². The van der Waals surface area contributed by atoms with Crippen LogP contribution in [0, 0.1) is 29.1 Å². The summed E-state index contributed by atoms with van der Waals surface area (Å²) in [5.74, 6) is 5.59. The average molecular weight is 463 g/mol. The molecule has 178 valence electrons. The van der Waals surface area contributed by atoms with Crippen LogP contribution >= 0.6 is 11.3 Å². The van der Waals surface area contributed by atoms with Gasteiger partial charge in [-0.05, 0) is 71.9 Å². The molecule has 1 aliphatic carbocycles. The molecule has 0 spiro atoms. The fourth-order valence-electron chi connectivity index (χ4n) is 4.05. The monoisotopic (exact) mass is 462 g/mol. The van der Waals surface area contributed by atoms with Crippen LogP contribution in [0.1, 0.15) is 88.2 Å². The Morgan fingerprint density at radius 1 is 1.28 bits per heavy atom. The van der Waals surface area contributed by atoms with E-state index in [0.717, 1.165) is 37.0 Å². The number of anilines is 1. The number of rotatable bonds is 8. The van der Waals surface area contributed by atoms with E-state index in [1.165, 1.54) is 0 Å². The Labute approximate surface area is 196 Å². The smallest absolute Gasteiger partial charge is 0.348 e. The van der Waals surface area contributed by atoms with Crippen molar-refractivity contribution in [2.75, 3.05) is 11.4 Å². The lowest BCUT2D eigenvalue weighted by Crippen LogP contribution is -2.46. The normalized spacial score (nSPS) is 20.7. The maximum atomic E-state index is 13.7. The molecular weight excluding hydrogens is 424 g/mol. The van der Waals surface area contributed by atoms with Crippen molar-refractivity contribution < 1.29 is 19.8 Å². The van der Waals surface area contributed by atoms with Crippen molar-refractivity contribution in [2.45, 2.75) is 85.9 Å². The summed E-state index contributed by atoms with van der Waals surface area (Å²) < 4.78 is 0. The molecule has 1 saturated carbocycles. The van der Waals surface area contributed by atoms with Crippen LogP contribution < -0.4 is 10.2 Å². The minimum atomic E-state index is -1.07. The number of amides is 1. The third kappa shape index (κ3) is 7.33. The molecule has 1 heterocycles. The number of carbonyl (C=O) groups excluding carboxylic acids is 1. The maximum absolute atomic E-state index is 13.7. The van der Waals surface area contributed by atoms with Crippen LogP contribution in [0.4, 0.5) is 5.69 Å². The molecule has 1 aliphatic rings. The van der Waals surface area contributed by atoms with E-state index in [0.29, 0.717) is 29.4 Å². The largest absolute Gasteiger partial charge is 0.477 e. The van der Waals surface area contributed by atoms with Gasteiger partial charge in [0.05, 0.1) is 10.6 Å². The van der Waals surface area contributed by atoms with Crippen molar-refractivity contribution in [2.24, 2.45) is 17.3 Å². The van der Waals surface area contributed by atoms with Crippen LogP contribution in [-0.4, -0.2) is 40.9 Å². The van der Waals surface area contributed by atoms with E-state index >= 15 is 0 Å². The number of thiophene rings is 1. The highest BCUT2D eigenvalue weighted by Crippen LogP contribution is 2.36. The minimum Gasteiger partial charge on any atom is -0.477 e. The van der Waals surface area contributed by atoms with E-state index in [9.17, 15) is 19.8 Å². The van der Waals surface area contributed by atoms with Crippen molar-refractivity contribution in [3.05, 3.63) is 15.8 Å². The van der Waals surface area contributed by atoms with Gasteiger partial charge < -0.3 is 15.1 Å². The minimum absolute atomic E-state index is 0.0521. The zero-order valence-electron chi connectivity index (χ0n) is 20.2. The van der Waals surface area contributed by atoms with Crippen molar-refractivity contribution in [1.29, 1.82) is 0 Å². The van der Waals surface area contributed by atoms with Gasteiger partial charge in [0.1, 0.15) is 11.1 Å². The molecule has 7 heteroatoms. The quantitative estimate of drug-likeness (QED) is 0.385. The first-order valence-corrected chi connectivity index (χ1v) is 12.4. The van der Waals surface area contributed by atoms with Gasteiger partial charge in [-0.15, -0.1) is 11.3 Å². The third-order valence-corrected chi connectivity index (χ3v) is 6.80. The number of carbonyl (C=O) groups is 2. The molecule has 0 aliphatic heterocycles. The van der Waals surface area contributed by atoms with E-state index in [1.54, 1.807) is 11.0 Å². The Bertz CT molecular complexity index is 854. The van der Waals surface area contributed by atoms with Crippen molar-refractivity contribution in [1.82, 2.24) is 5.32 Å². The molecule has 1 aromatic rings. The topological polar surface area (TPSA) is 89.9 Å². The molecule has 0 aromatic carbocycles. The fourth-order valence-corrected chi connectivity index (χ4v) is 4.89. The second kappa shape index (κ2) is 11.3. The zero-order chi connectivity index (χ0) is 24.1. The molecule has 1 aromatic heterocycles. The first-order chi connectivity index (χ1) is 14.9. The Balaban J connectivity index is 2.47. The number of carboxylic acids is 1. The van der Waals surface area contributed by atoms with Crippen LogP contribution in [0.3, 0.4) is 0 Å². The lowest BCUT2D eigenvalue weighted by molar-refractivity contribution is -0.124. The highest BCUT2D eigenvalue weighted by atomic mass is 32.1. The number of nitrogens with one attached hydrogen (secondary N) is 1. The molecule has 0 bridgehead atoms. The summed E-state index contributed by atoms with van der Waals surface area (Å²) in [5, 5.41) is 23.2. The van der Waals surface area contributed by atoms with Crippen LogP contribution in [0.2, 0.25) is 0 Å². The number of nitrogens with zero attached hydrogens (tertiary/aromatic N) is 1. The maximum Gasteiger partial charge on any atom is 0.348 e. The first kappa shape index (κ1) is 26.4. The number of aromatic carboxylic acids is 1. The van der Waals surface area contributed by atoms with Crippen molar-refractivity contribution in [3.63, 3.8) is 0 Å². The van der Waals surface area contributed by atoms with E-state index in [2.05, 4.69) is 24.1 Å². The molecule has 1 unspecified atom stereocenters. The van der Waals surface area contributed by atoms with Crippen LogP contribution in [0.5, 0.6) is 0 Å². The van der Waals surface area contributed by atoms with Gasteiger partial charge in [0, 0.05) is 23.8 Å². The van der Waals surface area contributed by atoms with Gasteiger partial charge >= 0.3 is 5.97 Å². The molecule has 1 fully saturated rings. The standard InChI is InChI=1S/C25H38N2O4S/c1-7-26-21(28)14-17(3)27(23(29)18-10-8-16(2)9-11-18)20-15-19(12-13-25(4,5)6)32-22(20)24(30)31/h15-18,21,26,28H,7-11,14H2,1-6H3,(H,30,31)/t16?,17-,18?,21?/m0/s1. The van der Waals surface area contributed by atoms with E-state index in [4.69, 9.17) is 0 Å². The van der Waals surface area contributed by atoms with Crippen LogP contribution in [-0.2, 0) is 4.79 Å². The molecular formula is C25H38N2O4S. The number of aliphatic hydroxyl groups excluding tert-OH is 1. The van der Waals surface area contributed by atoms with E-state index < -0.39 is 12.2 Å². The van der Waals surface area contributed by atoms with Gasteiger partial charge in [0.2, 0.25) is 5.91 Å². The SMILES string of the molecule is CCNC(O)C[C@H](C)N(C(=O)C1CCC(C)CC1)c1cc(C#CC(C)(C)C)sc1C(=O)O. The summed E-state index contributed by atoms with van der Waals surface area (Å²) in [5.41, 5.74) is 0.172. The molecule has 6 nitrogen and oxygen atoms in total. The van der Waals surface area contributed by atoms with Crippen molar-refractivity contribution >= 4 is 28.9 Å². The van der Waals surface area contributed by atoms with Gasteiger partial charge in [-0.3, -0.25) is 10.1 Å². The zero-order valence-corrected chi connectivity index (χ0v) is 21.0. The lowest BCUT2D eigenvalue weighted by atomic mass is 9.82. The highest BCUT2D eigenvalue weighted by molar-refractivity contribution is 7.15. The Morgan fingerprint density at radius 2 is 1.91 bits per heavy atom. The summed E-state index contributed by atoms with van der Waals surface area (Å²) in [7, 11) is 0. The molecule has 0 saturated heterocycles. The van der Waals surface area contributed by atoms with Crippen molar-refractivity contribution in [3.8, 4) is 11.8 Å². The second-order valence-corrected chi connectivity index (χ2v) is 11.0. The lowest BCUT2D eigenvalue weighted by Gasteiger charge is -2.35. The summed E-state index contributed by atoms with van der Waals surface area (Å²) in [4.78, 5) is 28.1. The van der Waals surface area contributed by atoms with Gasteiger partial charge in [-0.2, -0.15) is 0 Å². The Morgan fingerprint density at radius 3 is 2.44 bits per heavy atom. The summed E-state index contributed by atoms with van der Waals surface area (Å²) in [6.07, 6.45) is 3.14. The van der Waals surface area contributed by atoms with Crippen LogP contribution in [0.15, 0.2) is 6.07 Å². The molecule has 32 heavy (non-hydrogen) atoms. The van der Waals surface area contributed by atoms with E-state index in [1.807, 2.05) is 34.6 Å². The Hall–Kier alpha value is -1.88. The average Bonchev–Trinajstić information content (AvgIpc) is 3.11. The third-order valence-electron chi connectivity index (χ3n) is 5.77. The molecule has 2 atom stereocenters. The Kier molecular flexibility index (Phi) is 9.32.